The molecular formula is C25H30N2O2. The molecule has 1 atom stereocenters. The highest BCUT2D eigenvalue weighted by molar-refractivity contribution is 5.79. The average Bonchev–Trinajstić information content (AvgIpc) is 3.57. The second-order valence-electron chi connectivity index (χ2n) is 8.47. The van der Waals surface area contributed by atoms with Crippen LogP contribution in [0.25, 0.3) is 11.1 Å². The van der Waals surface area contributed by atoms with Crippen LogP contribution in [0.1, 0.15) is 44.1 Å². The Hall–Kier alpha value is -2.62. The molecule has 4 rings (SSSR count). The summed E-state index contributed by atoms with van der Waals surface area (Å²) in [6.45, 7) is 1.63. The summed E-state index contributed by atoms with van der Waals surface area (Å²) in [5, 5.41) is 3.06. The second kappa shape index (κ2) is 9.25. The molecule has 4 heteroatoms. The third-order valence-corrected chi connectivity index (χ3v) is 6.01. The maximum atomic E-state index is 12.8. The maximum Gasteiger partial charge on any atom is 0.226 e. The number of piperidine rings is 1. The van der Waals surface area contributed by atoms with Gasteiger partial charge in [-0.3, -0.25) is 9.59 Å². The molecule has 2 aliphatic rings. The lowest BCUT2D eigenvalue weighted by atomic mass is 9.92. The van der Waals surface area contributed by atoms with Crippen LogP contribution in [-0.2, 0) is 16.0 Å². The van der Waals surface area contributed by atoms with E-state index in [0.717, 1.165) is 50.8 Å². The summed E-state index contributed by atoms with van der Waals surface area (Å²) in [6, 6.07) is 19.0. The fourth-order valence-electron chi connectivity index (χ4n) is 4.12. The Balaban J connectivity index is 1.26. The molecule has 1 heterocycles. The van der Waals surface area contributed by atoms with Crippen molar-refractivity contribution in [3.63, 3.8) is 0 Å². The number of rotatable bonds is 7. The van der Waals surface area contributed by atoms with Crippen molar-refractivity contribution in [1.29, 1.82) is 0 Å². The highest BCUT2D eigenvalue weighted by atomic mass is 16.2. The second-order valence-corrected chi connectivity index (χ2v) is 8.47. The van der Waals surface area contributed by atoms with Crippen LogP contribution in [0.2, 0.25) is 0 Å². The fraction of sp³-hybridized carbons (Fsp3) is 0.440. The Morgan fingerprint density at radius 1 is 0.931 bits per heavy atom. The fourth-order valence-corrected chi connectivity index (χ4v) is 4.12. The van der Waals surface area contributed by atoms with E-state index in [0.29, 0.717) is 24.8 Å². The number of carbonyl (C=O) groups excluding carboxylic acids is 2. The first-order valence-corrected chi connectivity index (χ1v) is 10.9. The van der Waals surface area contributed by atoms with Gasteiger partial charge < -0.3 is 10.2 Å². The van der Waals surface area contributed by atoms with Gasteiger partial charge in [-0.15, -0.1) is 0 Å². The first-order valence-electron chi connectivity index (χ1n) is 10.9. The molecule has 2 aromatic carbocycles. The Morgan fingerprint density at radius 3 is 2.38 bits per heavy atom. The van der Waals surface area contributed by atoms with Crippen molar-refractivity contribution in [2.75, 3.05) is 13.1 Å². The zero-order chi connectivity index (χ0) is 20.1. The van der Waals surface area contributed by atoms with Gasteiger partial charge in [0.15, 0.2) is 0 Å². The molecule has 1 aliphatic carbocycles. The quantitative estimate of drug-likeness (QED) is 0.770. The number of nitrogens with zero attached hydrogens (tertiary/aromatic N) is 1. The Kier molecular flexibility index (Phi) is 6.28. The van der Waals surface area contributed by atoms with Crippen LogP contribution in [-0.4, -0.2) is 35.8 Å². The van der Waals surface area contributed by atoms with Gasteiger partial charge in [0.25, 0.3) is 0 Å². The highest BCUT2D eigenvalue weighted by Crippen LogP contribution is 2.24. The third kappa shape index (κ3) is 5.69. The molecule has 0 radical (unpaired) electrons. The summed E-state index contributed by atoms with van der Waals surface area (Å²) >= 11 is 0. The van der Waals surface area contributed by atoms with Crippen molar-refractivity contribution in [3.8, 4) is 11.1 Å². The molecule has 1 saturated carbocycles. The number of hydrogen-bond acceptors (Lipinski definition) is 2. The zero-order valence-corrected chi connectivity index (χ0v) is 17.0. The minimum absolute atomic E-state index is 0.175. The van der Waals surface area contributed by atoms with Crippen molar-refractivity contribution in [1.82, 2.24) is 10.2 Å². The van der Waals surface area contributed by atoms with Crippen molar-refractivity contribution in [2.24, 2.45) is 5.92 Å². The van der Waals surface area contributed by atoms with Crippen LogP contribution in [0.3, 0.4) is 0 Å². The molecule has 0 aromatic heterocycles. The molecule has 4 nitrogen and oxygen atoms in total. The number of carbonyl (C=O) groups is 2. The van der Waals surface area contributed by atoms with E-state index in [2.05, 4.69) is 41.7 Å². The molecule has 29 heavy (non-hydrogen) atoms. The lowest BCUT2D eigenvalue weighted by Crippen LogP contribution is -2.41. The number of nitrogens with one attached hydrogen (secondary N) is 1. The monoisotopic (exact) mass is 390 g/mol. The molecule has 1 N–H and O–H groups in total. The Morgan fingerprint density at radius 2 is 1.66 bits per heavy atom. The maximum absolute atomic E-state index is 12.8. The minimum Gasteiger partial charge on any atom is -0.353 e. The number of amides is 2. The first-order chi connectivity index (χ1) is 14.2. The van der Waals surface area contributed by atoms with Gasteiger partial charge in [-0.25, -0.2) is 0 Å². The molecule has 2 amide bonds. The largest absolute Gasteiger partial charge is 0.353 e. The number of hydrogen-bond donors (Lipinski definition) is 1. The average molecular weight is 391 g/mol. The molecule has 2 aromatic rings. The smallest absolute Gasteiger partial charge is 0.226 e. The lowest BCUT2D eigenvalue weighted by molar-refractivity contribution is -0.132. The van der Waals surface area contributed by atoms with Gasteiger partial charge in [-0.05, 0) is 54.7 Å². The van der Waals surface area contributed by atoms with Crippen LogP contribution >= 0.6 is 0 Å². The molecule has 0 spiro atoms. The van der Waals surface area contributed by atoms with Crippen LogP contribution in [0.15, 0.2) is 54.6 Å². The molecule has 152 valence electrons. The topological polar surface area (TPSA) is 49.4 Å². The van der Waals surface area contributed by atoms with E-state index in [1.54, 1.807) is 0 Å². The van der Waals surface area contributed by atoms with Crippen LogP contribution < -0.4 is 5.32 Å². The predicted octanol–water partition coefficient (Wildman–Crippen LogP) is 4.19. The SMILES string of the molecule is O=C(CC[C@H]1CCCN(C(=O)Cc2ccc(-c3ccccc3)cc2)C1)NC1CC1. The van der Waals surface area contributed by atoms with E-state index in [4.69, 9.17) is 0 Å². The molecular weight excluding hydrogens is 360 g/mol. The van der Waals surface area contributed by atoms with Crippen molar-refractivity contribution >= 4 is 11.8 Å². The molecule has 0 unspecified atom stereocenters. The number of likely N-dealkylation sites (tertiary alicyclic amines) is 1. The summed E-state index contributed by atoms with van der Waals surface area (Å²) < 4.78 is 0. The Bertz CT molecular complexity index is 828. The van der Waals surface area contributed by atoms with Gasteiger partial charge in [-0.1, -0.05) is 54.6 Å². The summed E-state index contributed by atoms with van der Waals surface area (Å²) in [7, 11) is 0. The predicted molar refractivity (Wildman–Crippen MR) is 115 cm³/mol. The first kappa shape index (κ1) is 19.7. The van der Waals surface area contributed by atoms with E-state index in [9.17, 15) is 9.59 Å². The normalized spacial score (nSPS) is 19.0. The van der Waals surface area contributed by atoms with Crippen molar-refractivity contribution < 1.29 is 9.59 Å². The highest BCUT2D eigenvalue weighted by Gasteiger charge is 2.26. The molecule has 0 bridgehead atoms. The van der Waals surface area contributed by atoms with Crippen molar-refractivity contribution in [2.45, 2.75) is 51.0 Å². The van der Waals surface area contributed by atoms with Gasteiger partial charge in [0.1, 0.15) is 0 Å². The lowest BCUT2D eigenvalue weighted by Gasteiger charge is -2.33. The third-order valence-electron chi connectivity index (χ3n) is 6.01. The van der Waals surface area contributed by atoms with Gasteiger partial charge in [-0.2, -0.15) is 0 Å². The van der Waals surface area contributed by atoms with Crippen LogP contribution in [0, 0.1) is 5.92 Å². The summed E-state index contributed by atoms with van der Waals surface area (Å²) in [6.07, 6.45) is 6.33. The van der Waals surface area contributed by atoms with E-state index in [1.165, 1.54) is 11.1 Å². The number of benzene rings is 2. The van der Waals surface area contributed by atoms with E-state index < -0.39 is 0 Å². The standard InChI is InChI=1S/C25H30N2O2/c28-24(26-23-13-14-23)15-10-20-5-4-16-27(18-20)25(29)17-19-8-11-22(12-9-19)21-6-2-1-3-7-21/h1-3,6-9,11-12,20,23H,4-5,10,13-18H2,(H,26,28)/t20-/m1/s1. The summed E-state index contributed by atoms with van der Waals surface area (Å²) in [5.41, 5.74) is 3.42. The molecule has 1 saturated heterocycles. The van der Waals surface area contributed by atoms with Crippen LogP contribution in [0.4, 0.5) is 0 Å². The molecule has 2 fully saturated rings. The van der Waals surface area contributed by atoms with E-state index in [-0.39, 0.29) is 11.8 Å². The van der Waals surface area contributed by atoms with E-state index >= 15 is 0 Å². The summed E-state index contributed by atoms with van der Waals surface area (Å²) in [4.78, 5) is 26.7. The zero-order valence-electron chi connectivity index (χ0n) is 17.0. The van der Waals surface area contributed by atoms with Gasteiger partial charge >= 0.3 is 0 Å². The van der Waals surface area contributed by atoms with Crippen molar-refractivity contribution in [3.05, 3.63) is 60.2 Å². The minimum atomic E-state index is 0.175. The van der Waals surface area contributed by atoms with Gasteiger partial charge in [0.2, 0.25) is 11.8 Å². The van der Waals surface area contributed by atoms with Crippen LogP contribution in [0.5, 0.6) is 0 Å². The Labute approximate surface area is 173 Å². The van der Waals surface area contributed by atoms with Gasteiger partial charge in [0.05, 0.1) is 6.42 Å². The molecule has 1 aliphatic heterocycles. The summed E-state index contributed by atoms with van der Waals surface area (Å²) in [5.74, 6) is 0.817. The van der Waals surface area contributed by atoms with E-state index in [1.807, 2.05) is 23.1 Å². The van der Waals surface area contributed by atoms with Gasteiger partial charge in [0, 0.05) is 25.6 Å².